The molecule has 0 amide bonds. The van der Waals surface area contributed by atoms with Gasteiger partial charge in [0.1, 0.15) is 0 Å². The highest BCUT2D eigenvalue weighted by atomic mass is 14.9. The minimum absolute atomic E-state index is 0.617. The summed E-state index contributed by atoms with van der Waals surface area (Å²) in [6, 6.07) is 7.30. The van der Waals surface area contributed by atoms with Gasteiger partial charge in [-0.3, -0.25) is 0 Å². The summed E-state index contributed by atoms with van der Waals surface area (Å²) in [7, 11) is 0. The van der Waals surface area contributed by atoms with Crippen molar-refractivity contribution >= 4 is 0 Å². The van der Waals surface area contributed by atoms with Crippen LogP contribution in [-0.4, -0.2) is 12.6 Å². The molecule has 0 heterocycles. The third kappa shape index (κ3) is 3.14. The molecule has 1 aliphatic rings. The Morgan fingerprint density at radius 2 is 1.72 bits per heavy atom. The summed E-state index contributed by atoms with van der Waals surface area (Å²) in [5.74, 6) is 1.79. The minimum atomic E-state index is 0.617. The zero-order valence-corrected chi connectivity index (χ0v) is 12.3. The highest BCUT2D eigenvalue weighted by Gasteiger charge is 2.31. The Morgan fingerprint density at radius 3 is 2.22 bits per heavy atom. The average Bonchev–Trinajstić information content (AvgIpc) is 2.26. The third-order valence-electron chi connectivity index (χ3n) is 4.47. The molecule has 1 aromatic carbocycles. The largest absolute Gasteiger partial charge is 0.314 e. The lowest BCUT2D eigenvalue weighted by atomic mass is 9.70. The molecule has 1 N–H and O–H groups in total. The zero-order valence-electron chi connectivity index (χ0n) is 12.3. The maximum atomic E-state index is 3.59. The molecule has 1 nitrogen and oxygen atoms in total. The second-order valence-electron chi connectivity index (χ2n) is 6.23. The molecule has 0 bridgehead atoms. The molecule has 0 aliphatic heterocycles. The fourth-order valence-corrected chi connectivity index (χ4v) is 3.00. The van der Waals surface area contributed by atoms with Crippen molar-refractivity contribution in [3.05, 3.63) is 34.9 Å². The van der Waals surface area contributed by atoms with Crippen molar-refractivity contribution in [3.63, 3.8) is 0 Å². The first-order valence-corrected chi connectivity index (χ1v) is 7.36. The van der Waals surface area contributed by atoms with Gasteiger partial charge in [0.2, 0.25) is 0 Å². The van der Waals surface area contributed by atoms with Crippen LogP contribution in [0.1, 0.15) is 43.4 Å². The monoisotopic (exact) mass is 245 g/mol. The first kappa shape index (κ1) is 13.6. The van der Waals surface area contributed by atoms with Crippen molar-refractivity contribution in [1.29, 1.82) is 0 Å². The molecule has 18 heavy (non-hydrogen) atoms. The molecule has 1 aliphatic carbocycles. The van der Waals surface area contributed by atoms with Gasteiger partial charge in [-0.15, -0.1) is 0 Å². The van der Waals surface area contributed by atoms with Crippen LogP contribution >= 0.6 is 0 Å². The van der Waals surface area contributed by atoms with Gasteiger partial charge >= 0.3 is 0 Å². The van der Waals surface area contributed by atoms with Crippen LogP contribution in [0.25, 0.3) is 0 Å². The quantitative estimate of drug-likeness (QED) is 0.830. The van der Waals surface area contributed by atoms with Crippen molar-refractivity contribution in [2.75, 3.05) is 6.54 Å². The Morgan fingerprint density at radius 1 is 1.11 bits per heavy atom. The Labute approximate surface area is 112 Å². The number of hydrogen-bond donors (Lipinski definition) is 1. The van der Waals surface area contributed by atoms with Crippen LogP contribution in [0, 0.1) is 25.7 Å². The van der Waals surface area contributed by atoms with E-state index in [4.69, 9.17) is 0 Å². The summed E-state index contributed by atoms with van der Waals surface area (Å²) in [6.45, 7) is 10.2. The smallest absolute Gasteiger partial charge is 0.00104 e. The van der Waals surface area contributed by atoms with E-state index in [1.807, 2.05) is 0 Å². The van der Waals surface area contributed by atoms with E-state index in [9.17, 15) is 0 Å². The highest BCUT2D eigenvalue weighted by Crippen LogP contribution is 2.37. The van der Waals surface area contributed by atoms with Gasteiger partial charge in [-0.1, -0.05) is 32.0 Å². The van der Waals surface area contributed by atoms with Gasteiger partial charge in [-0.25, -0.2) is 0 Å². The van der Waals surface area contributed by atoms with Gasteiger partial charge in [-0.05, 0) is 68.2 Å². The maximum Gasteiger partial charge on any atom is 0.00104 e. The maximum absolute atomic E-state index is 3.59. The van der Waals surface area contributed by atoms with Crippen molar-refractivity contribution in [3.8, 4) is 0 Å². The van der Waals surface area contributed by atoms with E-state index in [-0.39, 0.29) is 0 Å². The molecular formula is C17H27N. The molecule has 0 radical (unpaired) electrons. The van der Waals surface area contributed by atoms with E-state index in [1.165, 1.54) is 36.9 Å². The molecule has 100 valence electrons. The number of benzene rings is 1. The lowest BCUT2D eigenvalue weighted by Gasteiger charge is -2.38. The van der Waals surface area contributed by atoms with Gasteiger partial charge in [0.15, 0.2) is 0 Å². The highest BCUT2D eigenvalue weighted by molar-refractivity contribution is 5.34. The predicted octanol–water partition coefficient (Wildman–Crippen LogP) is 3.87. The van der Waals surface area contributed by atoms with E-state index >= 15 is 0 Å². The standard InChI is InChI=1S/C17H27N/c1-12(2)18-11-16-9-8-15(16)10-17-13(3)6-5-7-14(17)4/h5-7,12,15-16,18H,8-11H2,1-4H3. The zero-order chi connectivity index (χ0) is 13.1. The first-order chi connectivity index (χ1) is 8.58. The minimum Gasteiger partial charge on any atom is -0.314 e. The lowest BCUT2D eigenvalue weighted by Crippen LogP contribution is -2.38. The second-order valence-corrected chi connectivity index (χ2v) is 6.23. The van der Waals surface area contributed by atoms with E-state index in [1.54, 1.807) is 5.56 Å². The van der Waals surface area contributed by atoms with E-state index in [0.29, 0.717) is 6.04 Å². The van der Waals surface area contributed by atoms with Gasteiger partial charge in [0, 0.05) is 6.04 Å². The van der Waals surface area contributed by atoms with Crippen molar-refractivity contribution < 1.29 is 0 Å². The average molecular weight is 245 g/mol. The van der Waals surface area contributed by atoms with Crippen molar-refractivity contribution in [1.82, 2.24) is 5.32 Å². The van der Waals surface area contributed by atoms with Crippen LogP contribution in [-0.2, 0) is 6.42 Å². The van der Waals surface area contributed by atoms with Crippen LogP contribution in [0.15, 0.2) is 18.2 Å². The SMILES string of the molecule is Cc1cccc(C)c1CC1CCC1CNC(C)C. The molecule has 2 rings (SSSR count). The molecule has 0 saturated heterocycles. The summed E-state index contributed by atoms with van der Waals surface area (Å²) in [5.41, 5.74) is 4.53. The Balaban J connectivity index is 1.93. The van der Waals surface area contributed by atoms with Crippen LogP contribution in [0.5, 0.6) is 0 Å². The van der Waals surface area contributed by atoms with Gasteiger partial charge in [0.05, 0.1) is 0 Å². The van der Waals surface area contributed by atoms with Crippen LogP contribution < -0.4 is 5.32 Å². The molecule has 1 fully saturated rings. The van der Waals surface area contributed by atoms with E-state index < -0.39 is 0 Å². The fraction of sp³-hybridized carbons (Fsp3) is 0.647. The molecule has 1 heteroatoms. The fourth-order valence-electron chi connectivity index (χ4n) is 3.00. The normalized spacial score (nSPS) is 23.2. The predicted molar refractivity (Wildman–Crippen MR) is 79.0 cm³/mol. The molecule has 0 aromatic heterocycles. The molecular weight excluding hydrogens is 218 g/mol. The Kier molecular flexibility index (Phi) is 4.45. The molecule has 1 aromatic rings. The first-order valence-electron chi connectivity index (χ1n) is 7.36. The van der Waals surface area contributed by atoms with E-state index in [0.717, 1.165) is 11.8 Å². The summed E-state index contributed by atoms with van der Waals surface area (Å²) < 4.78 is 0. The number of hydrogen-bond acceptors (Lipinski definition) is 1. The van der Waals surface area contributed by atoms with Crippen molar-refractivity contribution in [2.45, 2.75) is 53.0 Å². The molecule has 2 unspecified atom stereocenters. The topological polar surface area (TPSA) is 12.0 Å². The van der Waals surface area contributed by atoms with Gasteiger partial charge in [0.25, 0.3) is 0 Å². The molecule has 2 atom stereocenters. The number of rotatable bonds is 5. The summed E-state index contributed by atoms with van der Waals surface area (Å²) in [4.78, 5) is 0. The summed E-state index contributed by atoms with van der Waals surface area (Å²) >= 11 is 0. The Hall–Kier alpha value is -0.820. The van der Waals surface area contributed by atoms with Gasteiger partial charge in [-0.2, -0.15) is 0 Å². The third-order valence-corrected chi connectivity index (χ3v) is 4.47. The summed E-state index contributed by atoms with van der Waals surface area (Å²) in [6.07, 6.45) is 4.11. The van der Waals surface area contributed by atoms with Crippen LogP contribution in [0.2, 0.25) is 0 Å². The molecule has 1 saturated carbocycles. The van der Waals surface area contributed by atoms with Crippen LogP contribution in [0.3, 0.4) is 0 Å². The second kappa shape index (κ2) is 5.88. The summed E-state index contributed by atoms with van der Waals surface area (Å²) in [5, 5.41) is 3.59. The Bertz CT molecular complexity index is 374. The van der Waals surface area contributed by atoms with E-state index in [2.05, 4.69) is 51.2 Å². The number of aryl methyl sites for hydroxylation is 2. The number of nitrogens with one attached hydrogen (secondary N) is 1. The van der Waals surface area contributed by atoms with Crippen molar-refractivity contribution in [2.24, 2.45) is 11.8 Å². The van der Waals surface area contributed by atoms with Gasteiger partial charge < -0.3 is 5.32 Å². The lowest BCUT2D eigenvalue weighted by molar-refractivity contribution is 0.167. The van der Waals surface area contributed by atoms with Crippen LogP contribution in [0.4, 0.5) is 0 Å². The molecule has 0 spiro atoms.